The Morgan fingerprint density at radius 3 is 2.52 bits per heavy atom. The minimum absolute atomic E-state index is 0.264. The zero-order chi connectivity index (χ0) is 17.9. The standard InChI is InChI=1S/C17H18N4O3S/c1-25(23,24)18-11-10-12-6-8-13(9-7-12)16(22)21-17-19-14-4-2-3-5-15(14)20-17/h2-9,18H,10-11H2,1H3,(H2,19,20,21,22). The van der Waals surface area contributed by atoms with Gasteiger partial charge in [0.2, 0.25) is 16.0 Å². The lowest BCUT2D eigenvalue weighted by atomic mass is 10.1. The number of carbonyl (C=O) groups is 1. The molecule has 3 aromatic rings. The number of nitrogens with one attached hydrogen (secondary N) is 3. The smallest absolute Gasteiger partial charge is 0.257 e. The molecule has 3 rings (SSSR count). The quantitative estimate of drug-likeness (QED) is 0.626. The Labute approximate surface area is 145 Å². The van der Waals surface area contributed by atoms with Crippen LogP contribution in [0.3, 0.4) is 0 Å². The van der Waals surface area contributed by atoms with E-state index in [1.54, 1.807) is 24.3 Å². The van der Waals surface area contributed by atoms with E-state index in [2.05, 4.69) is 20.0 Å². The zero-order valence-electron chi connectivity index (χ0n) is 13.6. The molecule has 3 N–H and O–H groups in total. The lowest BCUT2D eigenvalue weighted by Gasteiger charge is -2.05. The first-order valence-corrected chi connectivity index (χ1v) is 9.59. The van der Waals surface area contributed by atoms with Crippen LogP contribution in [-0.4, -0.2) is 37.1 Å². The first-order valence-electron chi connectivity index (χ1n) is 7.70. The zero-order valence-corrected chi connectivity index (χ0v) is 14.4. The second-order valence-electron chi connectivity index (χ2n) is 5.67. The van der Waals surface area contributed by atoms with E-state index in [1.165, 1.54) is 0 Å². The van der Waals surface area contributed by atoms with Crippen molar-refractivity contribution in [1.29, 1.82) is 0 Å². The van der Waals surface area contributed by atoms with Crippen molar-refractivity contribution in [3.05, 3.63) is 59.7 Å². The average Bonchev–Trinajstić information content (AvgIpc) is 2.96. The van der Waals surface area contributed by atoms with Gasteiger partial charge in [0.1, 0.15) is 0 Å². The van der Waals surface area contributed by atoms with Gasteiger partial charge in [-0.05, 0) is 36.2 Å². The highest BCUT2D eigenvalue weighted by atomic mass is 32.2. The third-order valence-corrected chi connectivity index (χ3v) is 4.34. The molecule has 130 valence electrons. The highest BCUT2D eigenvalue weighted by molar-refractivity contribution is 7.88. The Hall–Kier alpha value is -2.71. The predicted molar refractivity (Wildman–Crippen MR) is 97.0 cm³/mol. The van der Waals surface area contributed by atoms with Gasteiger partial charge in [0.25, 0.3) is 5.91 Å². The summed E-state index contributed by atoms with van der Waals surface area (Å²) in [6.07, 6.45) is 1.68. The summed E-state index contributed by atoms with van der Waals surface area (Å²) >= 11 is 0. The molecule has 1 aromatic heterocycles. The van der Waals surface area contributed by atoms with Crippen LogP contribution in [0.5, 0.6) is 0 Å². The number of para-hydroxylation sites is 2. The van der Waals surface area contributed by atoms with Gasteiger partial charge in [0.15, 0.2) is 0 Å². The van der Waals surface area contributed by atoms with E-state index < -0.39 is 10.0 Å². The maximum absolute atomic E-state index is 12.3. The van der Waals surface area contributed by atoms with Crippen LogP contribution in [-0.2, 0) is 16.4 Å². The van der Waals surface area contributed by atoms with E-state index in [4.69, 9.17) is 0 Å². The van der Waals surface area contributed by atoms with E-state index >= 15 is 0 Å². The van der Waals surface area contributed by atoms with Gasteiger partial charge < -0.3 is 4.98 Å². The highest BCUT2D eigenvalue weighted by Gasteiger charge is 2.09. The first kappa shape index (κ1) is 17.1. The van der Waals surface area contributed by atoms with Gasteiger partial charge in [-0.15, -0.1) is 0 Å². The molecule has 7 nitrogen and oxygen atoms in total. The second kappa shape index (κ2) is 7.04. The van der Waals surface area contributed by atoms with E-state index in [9.17, 15) is 13.2 Å². The van der Waals surface area contributed by atoms with Crippen LogP contribution < -0.4 is 10.0 Å². The number of nitrogens with zero attached hydrogens (tertiary/aromatic N) is 1. The number of sulfonamides is 1. The number of rotatable bonds is 6. The topological polar surface area (TPSA) is 104 Å². The lowest BCUT2D eigenvalue weighted by molar-refractivity contribution is 0.102. The van der Waals surface area contributed by atoms with Crippen molar-refractivity contribution in [2.75, 3.05) is 18.1 Å². The molecule has 8 heteroatoms. The van der Waals surface area contributed by atoms with Crippen LogP contribution in [0.2, 0.25) is 0 Å². The normalized spacial score (nSPS) is 11.6. The summed E-state index contributed by atoms with van der Waals surface area (Å²) in [7, 11) is -3.19. The maximum atomic E-state index is 12.3. The third-order valence-electron chi connectivity index (χ3n) is 3.62. The molecule has 0 fully saturated rings. The molecule has 2 aromatic carbocycles. The number of H-pyrrole nitrogens is 1. The van der Waals surface area contributed by atoms with E-state index in [1.807, 2.05) is 24.3 Å². The maximum Gasteiger partial charge on any atom is 0.257 e. The van der Waals surface area contributed by atoms with E-state index in [0.717, 1.165) is 22.9 Å². The predicted octanol–water partition coefficient (Wildman–Crippen LogP) is 1.91. The summed E-state index contributed by atoms with van der Waals surface area (Å²) in [4.78, 5) is 19.6. The van der Waals surface area contributed by atoms with Crippen molar-refractivity contribution in [1.82, 2.24) is 14.7 Å². The fourth-order valence-electron chi connectivity index (χ4n) is 2.40. The summed E-state index contributed by atoms with van der Waals surface area (Å²) in [5, 5.41) is 2.73. The number of aromatic amines is 1. The van der Waals surface area contributed by atoms with Crippen molar-refractivity contribution in [2.45, 2.75) is 6.42 Å². The van der Waals surface area contributed by atoms with Gasteiger partial charge in [-0.2, -0.15) is 0 Å². The molecule has 1 amide bonds. The Morgan fingerprint density at radius 1 is 1.12 bits per heavy atom. The number of imidazole rings is 1. The summed E-state index contributed by atoms with van der Waals surface area (Å²) in [5.41, 5.74) is 3.08. The number of hydrogen-bond acceptors (Lipinski definition) is 4. The van der Waals surface area contributed by atoms with Gasteiger partial charge in [0, 0.05) is 12.1 Å². The molecule has 0 spiro atoms. The SMILES string of the molecule is CS(=O)(=O)NCCc1ccc(C(=O)Nc2nc3ccccc3[nH]2)cc1. The van der Waals surface area contributed by atoms with Crippen molar-refractivity contribution >= 4 is 32.9 Å². The van der Waals surface area contributed by atoms with Crippen molar-refractivity contribution in [3.8, 4) is 0 Å². The molecule has 0 unspecified atom stereocenters. The molecule has 25 heavy (non-hydrogen) atoms. The largest absolute Gasteiger partial charge is 0.324 e. The number of amides is 1. The van der Waals surface area contributed by atoms with Crippen molar-refractivity contribution in [3.63, 3.8) is 0 Å². The van der Waals surface area contributed by atoms with E-state index in [-0.39, 0.29) is 5.91 Å². The average molecular weight is 358 g/mol. The van der Waals surface area contributed by atoms with Crippen LogP contribution in [0, 0.1) is 0 Å². The van der Waals surface area contributed by atoms with Gasteiger partial charge in [0.05, 0.1) is 17.3 Å². The number of benzene rings is 2. The highest BCUT2D eigenvalue weighted by Crippen LogP contribution is 2.14. The lowest BCUT2D eigenvalue weighted by Crippen LogP contribution is -2.24. The third kappa shape index (κ3) is 4.65. The molecule has 0 aliphatic rings. The Bertz CT molecular complexity index is 961. The number of fused-ring (bicyclic) bond motifs is 1. The van der Waals surface area contributed by atoms with Gasteiger partial charge in [-0.25, -0.2) is 18.1 Å². The molecular formula is C17H18N4O3S. The minimum atomic E-state index is -3.19. The molecule has 0 atom stereocenters. The minimum Gasteiger partial charge on any atom is -0.324 e. The number of anilines is 1. The Morgan fingerprint density at radius 2 is 1.84 bits per heavy atom. The Balaban J connectivity index is 1.62. The van der Waals surface area contributed by atoms with Crippen LogP contribution in [0.25, 0.3) is 11.0 Å². The molecule has 0 aliphatic carbocycles. The van der Waals surface area contributed by atoms with Crippen molar-refractivity contribution < 1.29 is 13.2 Å². The van der Waals surface area contributed by atoms with Gasteiger partial charge >= 0.3 is 0 Å². The summed E-state index contributed by atoms with van der Waals surface area (Å²) < 4.78 is 24.5. The number of carbonyl (C=O) groups excluding carboxylic acids is 1. The summed E-state index contributed by atoms with van der Waals surface area (Å²) in [5.74, 6) is 0.132. The molecule has 0 saturated heterocycles. The molecule has 0 bridgehead atoms. The van der Waals surface area contributed by atoms with Crippen molar-refractivity contribution in [2.24, 2.45) is 0 Å². The van der Waals surface area contributed by atoms with Crippen LogP contribution in [0.15, 0.2) is 48.5 Å². The molecular weight excluding hydrogens is 340 g/mol. The fourth-order valence-corrected chi connectivity index (χ4v) is 2.87. The molecule has 1 heterocycles. The van der Waals surface area contributed by atoms with Crippen LogP contribution >= 0.6 is 0 Å². The number of aromatic nitrogens is 2. The summed E-state index contributed by atoms with van der Waals surface area (Å²) in [6.45, 7) is 0.323. The fraction of sp³-hybridized carbons (Fsp3) is 0.176. The molecule has 0 saturated carbocycles. The van der Waals surface area contributed by atoms with Crippen LogP contribution in [0.1, 0.15) is 15.9 Å². The summed E-state index contributed by atoms with van der Waals surface area (Å²) in [6, 6.07) is 14.5. The van der Waals surface area contributed by atoms with Crippen LogP contribution in [0.4, 0.5) is 5.95 Å². The second-order valence-corrected chi connectivity index (χ2v) is 7.50. The van der Waals surface area contributed by atoms with Gasteiger partial charge in [-0.1, -0.05) is 24.3 Å². The Kier molecular flexibility index (Phi) is 4.82. The van der Waals surface area contributed by atoms with E-state index in [0.29, 0.717) is 24.5 Å². The van der Waals surface area contributed by atoms with Gasteiger partial charge in [-0.3, -0.25) is 10.1 Å². The monoisotopic (exact) mass is 358 g/mol. The molecule has 0 radical (unpaired) electrons. The first-order chi connectivity index (χ1) is 11.9. The number of hydrogen-bond donors (Lipinski definition) is 3. The molecule has 0 aliphatic heterocycles.